The van der Waals surface area contributed by atoms with Crippen LogP contribution < -0.4 is 9.67 Å². The SMILES string of the molecule is Cc1ccc(C2C(C(=O)c3cc4ccccc4o3)=C([O-])C(=O)N2CCC[n+]2cc[nH]c2)o1. The summed E-state index contributed by atoms with van der Waals surface area (Å²) in [6, 6.07) is 11.4. The summed E-state index contributed by atoms with van der Waals surface area (Å²) in [4.78, 5) is 30.7. The molecule has 0 bridgehead atoms. The second kappa shape index (κ2) is 7.88. The van der Waals surface area contributed by atoms with Crippen molar-refractivity contribution in [3.8, 4) is 0 Å². The number of benzene rings is 1. The van der Waals surface area contributed by atoms with Gasteiger partial charge in [-0.15, -0.1) is 0 Å². The van der Waals surface area contributed by atoms with Crippen LogP contribution in [0, 0.1) is 6.92 Å². The number of H-pyrrole nitrogens is 1. The van der Waals surface area contributed by atoms with Crippen molar-refractivity contribution in [2.24, 2.45) is 0 Å². The first-order valence-corrected chi connectivity index (χ1v) is 10.4. The number of ketones is 1. The van der Waals surface area contributed by atoms with Crippen LogP contribution in [-0.4, -0.2) is 28.1 Å². The summed E-state index contributed by atoms with van der Waals surface area (Å²) in [6.07, 6.45) is 6.10. The van der Waals surface area contributed by atoms with Gasteiger partial charge in [0.05, 0.1) is 6.54 Å². The van der Waals surface area contributed by atoms with Crippen molar-refractivity contribution in [2.75, 3.05) is 6.54 Å². The smallest absolute Gasteiger partial charge is 0.241 e. The van der Waals surface area contributed by atoms with Crippen LogP contribution in [0.5, 0.6) is 0 Å². The number of furan rings is 2. The van der Waals surface area contributed by atoms with Crippen LogP contribution in [0.15, 0.2) is 81.4 Å². The van der Waals surface area contributed by atoms with Gasteiger partial charge in [0.15, 0.2) is 5.76 Å². The predicted octanol–water partition coefficient (Wildman–Crippen LogP) is 2.42. The molecule has 3 aromatic heterocycles. The van der Waals surface area contributed by atoms with Crippen molar-refractivity contribution in [1.82, 2.24) is 9.88 Å². The van der Waals surface area contributed by atoms with Crippen LogP contribution in [0.4, 0.5) is 0 Å². The number of aromatic amines is 1. The van der Waals surface area contributed by atoms with E-state index in [0.717, 1.165) is 5.39 Å². The van der Waals surface area contributed by atoms with E-state index in [1.54, 1.807) is 43.5 Å². The molecule has 8 heteroatoms. The quantitative estimate of drug-likeness (QED) is 0.357. The molecule has 1 amide bonds. The zero-order chi connectivity index (χ0) is 22.2. The molecule has 1 aromatic carbocycles. The van der Waals surface area contributed by atoms with Crippen molar-refractivity contribution >= 4 is 22.7 Å². The molecule has 1 aliphatic rings. The van der Waals surface area contributed by atoms with Crippen molar-refractivity contribution in [2.45, 2.75) is 25.9 Å². The maximum atomic E-state index is 13.4. The van der Waals surface area contributed by atoms with Gasteiger partial charge in [0.25, 0.3) is 0 Å². The molecule has 1 unspecified atom stereocenters. The molecule has 4 aromatic rings. The Hall–Kier alpha value is -4.07. The summed E-state index contributed by atoms with van der Waals surface area (Å²) >= 11 is 0. The fourth-order valence-electron chi connectivity index (χ4n) is 4.11. The number of nitrogens with one attached hydrogen (secondary N) is 1. The van der Waals surface area contributed by atoms with E-state index in [2.05, 4.69) is 4.98 Å². The number of Topliss-reactive ketones (excluding diaryl/α,β-unsaturated/α-hetero) is 1. The largest absolute Gasteiger partial charge is 0.868 e. The number of carbonyl (C=O) groups is 2. The Kier molecular flexibility index (Phi) is 4.89. The first kappa shape index (κ1) is 19.9. The van der Waals surface area contributed by atoms with Crippen LogP contribution in [-0.2, 0) is 11.3 Å². The normalized spacial score (nSPS) is 16.5. The van der Waals surface area contributed by atoms with Gasteiger partial charge < -0.3 is 18.8 Å². The van der Waals surface area contributed by atoms with E-state index < -0.39 is 23.5 Å². The summed E-state index contributed by atoms with van der Waals surface area (Å²) in [6.45, 7) is 2.72. The Morgan fingerprint density at radius 2 is 2.06 bits per heavy atom. The van der Waals surface area contributed by atoms with Crippen molar-refractivity contribution < 1.29 is 28.1 Å². The molecule has 32 heavy (non-hydrogen) atoms. The summed E-state index contributed by atoms with van der Waals surface area (Å²) in [5.74, 6) is -1.08. The molecule has 8 nitrogen and oxygen atoms in total. The van der Waals surface area contributed by atoms with E-state index in [4.69, 9.17) is 8.83 Å². The first-order valence-electron chi connectivity index (χ1n) is 10.4. The Labute approximate surface area is 183 Å². The lowest BCUT2D eigenvalue weighted by atomic mass is 9.99. The number of hydrogen-bond donors (Lipinski definition) is 1. The molecule has 0 spiro atoms. The van der Waals surface area contributed by atoms with Gasteiger partial charge in [-0.05, 0) is 36.9 Å². The average Bonchev–Trinajstić information content (AvgIpc) is 3.57. The third-order valence-corrected chi connectivity index (χ3v) is 5.63. The second-order valence-corrected chi connectivity index (χ2v) is 7.77. The van der Waals surface area contributed by atoms with E-state index in [9.17, 15) is 14.7 Å². The zero-order valence-corrected chi connectivity index (χ0v) is 17.4. The first-order chi connectivity index (χ1) is 15.5. The van der Waals surface area contributed by atoms with Gasteiger partial charge in [0.1, 0.15) is 35.5 Å². The maximum absolute atomic E-state index is 13.4. The van der Waals surface area contributed by atoms with Crippen LogP contribution in [0.25, 0.3) is 11.0 Å². The predicted molar refractivity (Wildman–Crippen MR) is 111 cm³/mol. The number of imidazole rings is 1. The van der Waals surface area contributed by atoms with E-state index in [1.807, 2.05) is 29.2 Å². The molecule has 0 fully saturated rings. The van der Waals surface area contributed by atoms with Crippen LogP contribution in [0.2, 0.25) is 0 Å². The van der Waals surface area contributed by atoms with Crippen molar-refractivity contribution in [3.63, 3.8) is 0 Å². The number of hydrogen-bond acceptors (Lipinski definition) is 5. The summed E-state index contributed by atoms with van der Waals surface area (Å²) in [7, 11) is 0. The third-order valence-electron chi connectivity index (χ3n) is 5.63. The molecule has 1 atom stereocenters. The molecule has 162 valence electrons. The number of fused-ring (bicyclic) bond motifs is 1. The highest BCUT2D eigenvalue weighted by Gasteiger charge is 2.41. The van der Waals surface area contributed by atoms with E-state index in [-0.39, 0.29) is 11.3 Å². The Balaban J connectivity index is 1.48. The van der Waals surface area contributed by atoms with E-state index >= 15 is 0 Å². The summed E-state index contributed by atoms with van der Waals surface area (Å²) in [5, 5.41) is 13.7. The van der Waals surface area contributed by atoms with Gasteiger partial charge in [0.2, 0.25) is 18.0 Å². The molecule has 1 aliphatic heterocycles. The summed E-state index contributed by atoms with van der Waals surface area (Å²) in [5.41, 5.74) is 0.400. The minimum atomic E-state index is -0.888. The van der Waals surface area contributed by atoms with Gasteiger partial charge in [0, 0.05) is 23.9 Å². The van der Waals surface area contributed by atoms with E-state index in [1.165, 1.54) is 4.90 Å². The van der Waals surface area contributed by atoms with Crippen molar-refractivity contribution in [1.29, 1.82) is 0 Å². The molecule has 0 aliphatic carbocycles. The highest BCUT2D eigenvalue weighted by atomic mass is 16.4. The van der Waals surface area contributed by atoms with Gasteiger partial charge in [-0.2, -0.15) is 0 Å². The lowest BCUT2D eigenvalue weighted by Gasteiger charge is -2.25. The Morgan fingerprint density at radius 3 is 2.78 bits per heavy atom. The average molecular weight is 431 g/mol. The van der Waals surface area contributed by atoms with Gasteiger partial charge >= 0.3 is 0 Å². The number of para-hydroxylation sites is 1. The number of carbonyl (C=O) groups excluding carboxylic acids is 2. The minimum absolute atomic E-state index is 0.0281. The standard InChI is InChI=1S/C24H21N3O5/c1-15-7-8-18(31-15)21-20(22(28)19-13-16-5-2-3-6-17(16)32-19)23(29)24(30)27(21)11-4-10-26-12-9-25-14-26/h2-3,5-9,12-14,21H,4,10-11H2,1H3,(H,28,29). The number of nitrogens with zero attached hydrogens (tertiary/aromatic N) is 2. The number of aromatic nitrogens is 2. The number of rotatable bonds is 7. The van der Waals surface area contributed by atoms with Gasteiger partial charge in [-0.1, -0.05) is 18.2 Å². The summed E-state index contributed by atoms with van der Waals surface area (Å²) < 4.78 is 13.4. The highest BCUT2D eigenvalue weighted by Crippen LogP contribution is 2.39. The second-order valence-electron chi connectivity index (χ2n) is 7.77. The van der Waals surface area contributed by atoms with Crippen LogP contribution >= 0.6 is 0 Å². The van der Waals surface area contributed by atoms with Crippen molar-refractivity contribution in [3.05, 3.63) is 89.8 Å². The third kappa shape index (κ3) is 3.39. The van der Waals surface area contributed by atoms with Crippen LogP contribution in [0.3, 0.4) is 0 Å². The molecule has 1 N–H and O–H groups in total. The Bertz CT molecular complexity index is 1300. The number of aryl methyl sites for hydroxylation is 2. The number of amides is 1. The molecular formula is C24H21N3O5. The zero-order valence-electron chi connectivity index (χ0n) is 17.4. The highest BCUT2D eigenvalue weighted by molar-refractivity contribution is 6.15. The Morgan fingerprint density at radius 1 is 1.22 bits per heavy atom. The van der Waals surface area contributed by atoms with Crippen LogP contribution in [0.1, 0.15) is 34.5 Å². The monoisotopic (exact) mass is 431 g/mol. The lowest BCUT2D eigenvalue weighted by Crippen LogP contribution is -2.37. The molecule has 0 saturated heterocycles. The topological polar surface area (TPSA) is 106 Å². The molecule has 0 radical (unpaired) electrons. The minimum Gasteiger partial charge on any atom is -0.868 e. The fourth-order valence-corrected chi connectivity index (χ4v) is 4.11. The molecule has 0 saturated carbocycles. The van der Waals surface area contributed by atoms with Gasteiger partial charge in [-0.3, -0.25) is 14.6 Å². The fraction of sp³-hybridized carbons (Fsp3) is 0.208. The lowest BCUT2D eigenvalue weighted by molar-refractivity contribution is -0.695. The maximum Gasteiger partial charge on any atom is 0.241 e. The van der Waals surface area contributed by atoms with Gasteiger partial charge in [-0.25, -0.2) is 4.57 Å². The molecule has 5 rings (SSSR count). The van der Waals surface area contributed by atoms with E-state index in [0.29, 0.717) is 36.6 Å². The molecule has 4 heterocycles. The molecular weight excluding hydrogens is 410 g/mol.